The van der Waals surface area contributed by atoms with Crippen LogP contribution in [0.5, 0.6) is 0 Å². The van der Waals surface area contributed by atoms with Crippen LogP contribution in [-0.4, -0.2) is 9.52 Å². The standard InChI is InChI=1S/C47H45.C2H6Si.2ClH.Zr/c1-8-14-32-25-40-37(19-13-20-38(40)45-35-17-11-9-15-29(35)23-30-16-10-12-18-36(30)45)44(32)43-28-34(47(5,6)7)27-42-39-26-33(46(2,3)4)22-21-31(39)24-41(42)43;1-3-2;;;/h9-13,15-23,25-27,44H,8,14,24H2,1-7H3;1-2H3;2*1H;/q-1;;;;+3/p-2. The molecule has 6 aromatic rings. The second kappa shape index (κ2) is 17.0. The molecule has 0 amide bonds. The van der Waals surface area contributed by atoms with Crippen molar-refractivity contribution in [3.8, 4) is 22.3 Å². The normalized spacial score (nSPS) is 14.1. The molecule has 4 heteroatoms. The Labute approximate surface area is 353 Å². The van der Waals surface area contributed by atoms with Gasteiger partial charge in [-0.3, -0.25) is 0 Å². The van der Waals surface area contributed by atoms with Crippen molar-refractivity contribution < 1.29 is 51.0 Å². The summed E-state index contributed by atoms with van der Waals surface area (Å²) in [4.78, 5) is 0. The van der Waals surface area contributed by atoms with Crippen molar-refractivity contribution in [3.05, 3.63) is 148 Å². The average molecular weight is 830 g/mol. The molecule has 2 aliphatic rings. The van der Waals surface area contributed by atoms with E-state index in [0.29, 0.717) is 0 Å². The predicted molar refractivity (Wildman–Crippen MR) is 220 cm³/mol. The maximum Gasteiger partial charge on any atom is 3.00 e. The Balaban J connectivity index is 0.00000101. The Kier molecular flexibility index (Phi) is 13.8. The maximum absolute atomic E-state index is 4.11. The van der Waals surface area contributed by atoms with Crippen LogP contribution in [0.2, 0.25) is 13.1 Å². The summed E-state index contributed by atoms with van der Waals surface area (Å²) in [6, 6.07) is 41.0. The fourth-order valence-electron chi connectivity index (χ4n) is 8.18. The van der Waals surface area contributed by atoms with Crippen LogP contribution in [0.3, 0.4) is 0 Å². The van der Waals surface area contributed by atoms with Gasteiger partial charge in [0.05, 0.1) is 0 Å². The summed E-state index contributed by atoms with van der Waals surface area (Å²) < 4.78 is 0. The van der Waals surface area contributed by atoms with Gasteiger partial charge in [-0.25, -0.2) is 0 Å². The Morgan fingerprint density at radius 1 is 0.698 bits per heavy atom. The van der Waals surface area contributed by atoms with Crippen LogP contribution in [0.15, 0.2) is 103 Å². The summed E-state index contributed by atoms with van der Waals surface area (Å²) >= 11 is 0. The first kappa shape index (κ1) is 43.0. The second-order valence-electron chi connectivity index (χ2n) is 16.4. The van der Waals surface area contributed by atoms with Gasteiger partial charge in [0, 0.05) is 15.4 Å². The Morgan fingerprint density at radius 2 is 1.32 bits per heavy atom. The smallest absolute Gasteiger partial charge is 1.00 e. The third-order valence-electron chi connectivity index (χ3n) is 10.7. The molecular weight excluding hydrogens is 779 g/mol. The molecule has 0 nitrogen and oxygen atoms in total. The Hall–Kier alpha value is -2.74. The van der Waals surface area contributed by atoms with Crippen molar-refractivity contribution in [2.24, 2.45) is 0 Å². The van der Waals surface area contributed by atoms with E-state index in [4.69, 9.17) is 0 Å². The third-order valence-corrected chi connectivity index (χ3v) is 10.7. The Bertz CT molecular complexity index is 2230. The third kappa shape index (κ3) is 8.00. The molecule has 0 saturated heterocycles. The van der Waals surface area contributed by atoms with E-state index in [0.717, 1.165) is 28.8 Å². The van der Waals surface area contributed by atoms with Gasteiger partial charge in [0.15, 0.2) is 0 Å². The molecule has 1 unspecified atom stereocenters. The summed E-state index contributed by atoms with van der Waals surface area (Å²) in [6.07, 6.45) is 5.74. The zero-order chi connectivity index (χ0) is 35.4. The van der Waals surface area contributed by atoms with Crippen molar-refractivity contribution >= 4 is 37.1 Å². The SMILES string of the molecule is CCCC1=Cc2c(-c3c4ccccc4cc4ccccc34)cccc2C1c1[c-]c(C(C)(C)C)cc2c1Cc1ccc(C(C)(C)C)cc1-2.C[Si]C.[Cl-].[Cl-].[Zr+3]. The molecule has 0 heterocycles. The first-order chi connectivity index (χ1) is 23.9. The van der Waals surface area contributed by atoms with Gasteiger partial charge in [0.2, 0.25) is 0 Å². The van der Waals surface area contributed by atoms with E-state index in [1.165, 1.54) is 88.3 Å². The van der Waals surface area contributed by atoms with E-state index >= 15 is 0 Å². The number of hydrogen-bond donors (Lipinski definition) is 0. The summed E-state index contributed by atoms with van der Waals surface area (Å²) in [7, 11) is 1.08. The van der Waals surface area contributed by atoms with E-state index in [1.54, 1.807) is 0 Å². The molecule has 3 radical (unpaired) electrons. The molecule has 0 fully saturated rings. The van der Waals surface area contributed by atoms with Crippen LogP contribution in [0.4, 0.5) is 0 Å². The molecule has 0 bridgehead atoms. The van der Waals surface area contributed by atoms with Crippen molar-refractivity contribution in [1.82, 2.24) is 0 Å². The summed E-state index contributed by atoms with van der Waals surface area (Å²) in [6.45, 7) is 20.6. The van der Waals surface area contributed by atoms with E-state index in [9.17, 15) is 0 Å². The second-order valence-corrected chi connectivity index (χ2v) is 17.4. The number of hydrogen-bond acceptors (Lipinski definition) is 0. The van der Waals surface area contributed by atoms with Crippen LogP contribution >= 0.6 is 0 Å². The molecule has 0 saturated carbocycles. The minimum Gasteiger partial charge on any atom is -1.00 e. The molecule has 1 atom stereocenters. The zero-order valence-electron chi connectivity index (χ0n) is 32.8. The van der Waals surface area contributed by atoms with Gasteiger partial charge in [-0.05, 0) is 90.2 Å². The Morgan fingerprint density at radius 3 is 1.91 bits per heavy atom. The van der Waals surface area contributed by atoms with E-state index in [2.05, 4.69) is 171 Å². The maximum atomic E-state index is 4.11. The first-order valence-corrected chi connectivity index (χ1v) is 20.5. The van der Waals surface area contributed by atoms with Crippen LogP contribution in [0.1, 0.15) is 106 Å². The van der Waals surface area contributed by atoms with Crippen LogP contribution in [-0.2, 0) is 43.5 Å². The molecule has 0 spiro atoms. The minimum atomic E-state index is -0.00600. The van der Waals surface area contributed by atoms with Crippen molar-refractivity contribution in [1.29, 1.82) is 0 Å². The molecule has 0 aliphatic heterocycles. The monoisotopic (exact) mass is 827 g/mol. The van der Waals surface area contributed by atoms with E-state index in [1.807, 2.05) is 0 Å². The number of rotatable bonds is 4. The van der Waals surface area contributed by atoms with Crippen LogP contribution in [0.25, 0.3) is 49.9 Å². The van der Waals surface area contributed by atoms with Gasteiger partial charge in [0.25, 0.3) is 0 Å². The number of halogens is 2. The van der Waals surface area contributed by atoms with Gasteiger partial charge < -0.3 is 24.8 Å². The van der Waals surface area contributed by atoms with Gasteiger partial charge in [-0.15, -0.1) is 16.7 Å². The van der Waals surface area contributed by atoms with Gasteiger partial charge in [0.1, 0.15) is 0 Å². The molecule has 0 aromatic heterocycles. The van der Waals surface area contributed by atoms with Gasteiger partial charge in [-0.2, -0.15) is 17.7 Å². The topological polar surface area (TPSA) is 0 Å². The molecule has 269 valence electrons. The van der Waals surface area contributed by atoms with E-state index < -0.39 is 0 Å². The molecule has 53 heavy (non-hydrogen) atoms. The van der Waals surface area contributed by atoms with Crippen molar-refractivity contribution in [2.75, 3.05) is 0 Å². The zero-order valence-corrected chi connectivity index (χ0v) is 37.7. The van der Waals surface area contributed by atoms with Gasteiger partial charge in [-0.1, -0.05) is 165 Å². The molecule has 0 N–H and O–H groups in total. The molecule has 8 rings (SSSR count). The predicted octanol–water partition coefficient (Wildman–Crippen LogP) is 7.75. The van der Waals surface area contributed by atoms with E-state index in [-0.39, 0.29) is 67.8 Å². The largest absolute Gasteiger partial charge is 3.00 e. The average Bonchev–Trinajstić information content (AvgIpc) is 3.64. The van der Waals surface area contributed by atoms with Crippen LogP contribution in [0, 0.1) is 6.07 Å². The van der Waals surface area contributed by atoms with Gasteiger partial charge >= 0.3 is 26.2 Å². The summed E-state index contributed by atoms with van der Waals surface area (Å²) in [5.41, 5.74) is 17.0. The number of fused-ring (bicyclic) bond motifs is 6. The molecular formula is C49H51Cl2SiZr. The first-order valence-electron chi connectivity index (χ1n) is 18.5. The summed E-state index contributed by atoms with van der Waals surface area (Å²) in [5, 5.41) is 5.23. The number of benzene rings is 6. The minimum absolute atomic E-state index is 0. The quantitative estimate of drug-likeness (QED) is 0.0969. The molecule has 2 aliphatic carbocycles. The van der Waals surface area contributed by atoms with Crippen LogP contribution < -0.4 is 24.8 Å². The molecule has 6 aromatic carbocycles. The summed E-state index contributed by atoms with van der Waals surface area (Å²) in [5.74, 6) is 0.207. The fourth-order valence-corrected chi connectivity index (χ4v) is 8.18. The van der Waals surface area contributed by atoms with Crippen molar-refractivity contribution in [3.63, 3.8) is 0 Å². The van der Waals surface area contributed by atoms with Crippen molar-refractivity contribution in [2.45, 2.75) is 97.6 Å². The fraction of sp³-hybridized carbons (Fsp3) is 0.306. The number of allylic oxidation sites excluding steroid dienone is 1.